The molecule has 19 heavy (non-hydrogen) atoms. The van der Waals surface area contributed by atoms with E-state index in [1.807, 2.05) is 0 Å². The van der Waals surface area contributed by atoms with Crippen molar-refractivity contribution in [1.29, 1.82) is 0 Å². The van der Waals surface area contributed by atoms with Gasteiger partial charge in [-0.1, -0.05) is 12.1 Å². The molecular weight excluding hydrogens is 240 g/mol. The van der Waals surface area contributed by atoms with E-state index in [-0.39, 0.29) is 5.91 Å². The molecule has 0 saturated carbocycles. The van der Waals surface area contributed by atoms with Gasteiger partial charge >= 0.3 is 0 Å². The molecule has 1 aliphatic rings. The molecule has 3 N–H and O–H groups in total. The van der Waals surface area contributed by atoms with Gasteiger partial charge in [0.25, 0.3) is 0 Å². The van der Waals surface area contributed by atoms with Gasteiger partial charge in [-0.2, -0.15) is 0 Å². The maximum atomic E-state index is 12.3. The average molecular weight is 262 g/mol. The van der Waals surface area contributed by atoms with Crippen molar-refractivity contribution in [3.05, 3.63) is 34.4 Å². The number of nitrogens with two attached hydrogens (primary N) is 1. The predicted octanol–water partition coefficient (Wildman–Crippen LogP) is 1.65. The summed E-state index contributed by atoms with van der Waals surface area (Å²) in [5, 5.41) is 0. The fraction of sp³-hybridized carbons (Fsp3) is 0.533. The topological polar surface area (TPSA) is 64.4 Å². The van der Waals surface area contributed by atoms with Crippen LogP contribution in [0.3, 0.4) is 0 Å². The Bertz CT molecular complexity index is 491. The van der Waals surface area contributed by atoms with Crippen LogP contribution in [0.2, 0.25) is 0 Å². The number of carbonyl (C=O) groups is 1. The SMILES string of the molecule is Cc1cc(C)c(C2(C(=O)NN)CCOCC2)cc1C. The zero-order chi connectivity index (χ0) is 14.0. The Balaban J connectivity index is 2.55. The van der Waals surface area contributed by atoms with Gasteiger partial charge in [-0.3, -0.25) is 10.2 Å². The molecular formula is C15H22N2O2. The molecule has 1 amide bonds. The molecule has 4 heteroatoms. The fourth-order valence-corrected chi connectivity index (χ4v) is 2.95. The lowest BCUT2D eigenvalue weighted by Gasteiger charge is -2.37. The molecule has 1 saturated heterocycles. The van der Waals surface area contributed by atoms with Gasteiger partial charge < -0.3 is 4.74 Å². The first-order valence-corrected chi connectivity index (χ1v) is 6.68. The van der Waals surface area contributed by atoms with E-state index < -0.39 is 5.41 Å². The first kappa shape index (κ1) is 14.0. The second-order valence-corrected chi connectivity index (χ2v) is 5.42. The van der Waals surface area contributed by atoms with Gasteiger partial charge in [0.05, 0.1) is 5.41 Å². The molecule has 0 unspecified atom stereocenters. The summed E-state index contributed by atoms with van der Waals surface area (Å²) in [5.41, 5.74) is 6.48. The number of aryl methyl sites for hydroxylation is 3. The molecule has 1 fully saturated rings. The normalized spacial score (nSPS) is 18.1. The van der Waals surface area contributed by atoms with Crippen LogP contribution in [-0.4, -0.2) is 19.1 Å². The molecule has 1 aliphatic heterocycles. The Hall–Kier alpha value is -1.39. The van der Waals surface area contributed by atoms with Crippen molar-refractivity contribution in [3.8, 4) is 0 Å². The summed E-state index contributed by atoms with van der Waals surface area (Å²) in [6, 6.07) is 4.27. The third-order valence-electron chi connectivity index (χ3n) is 4.27. The molecule has 1 heterocycles. The van der Waals surface area contributed by atoms with Crippen LogP contribution in [0.15, 0.2) is 12.1 Å². The summed E-state index contributed by atoms with van der Waals surface area (Å²) in [5.74, 6) is 5.29. The molecule has 1 aromatic carbocycles. The summed E-state index contributed by atoms with van der Waals surface area (Å²) in [6.07, 6.45) is 1.36. The van der Waals surface area contributed by atoms with Gasteiger partial charge in [0, 0.05) is 13.2 Å². The van der Waals surface area contributed by atoms with Gasteiger partial charge in [-0.25, -0.2) is 5.84 Å². The third-order valence-corrected chi connectivity index (χ3v) is 4.27. The van der Waals surface area contributed by atoms with Gasteiger partial charge in [0.2, 0.25) is 5.91 Å². The van der Waals surface area contributed by atoms with E-state index in [0.29, 0.717) is 26.1 Å². The Morgan fingerprint density at radius 3 is 2.32 bits per heavy atom. The summed E-state index contributed by atoms with van der Waals surface area (Å²) in [4.78, 5) is 12.3. The van der Waals surface area contributed by atoms with Gasteiger partial charge in [0.1, 0.15) is 0 Å². The maximum absolute atomic E-state index is 12.3. The second-order valence-electron chi connectivity index (χ2n) is 5.42. The van der Waals surface area contributed by atoms with E-state index in [0.717, 1.165) is 11.1 Å². The van der Waals surface area contributed by atoms with Crippen LogP contribution in [0.4, 0.5) is 0 Å². The number of amides is 1. The number of hydrogen-bond acceptors (Lipinski definition) is 3. The van der Waals surface area contributed by atoms with Crippen LogP contribution in [0, 0.1) is 20.8 Å². The minimum Gasteiger partial charge on any atom is -0.381 e. The maximum Gasteiger partial charge on any atom is 0.244 e. The van der Waals surface area contributed by atoms with E-state index in [1.54, 1.807) is 0 Å². The standard InChI is InChI=1S/C15H22N2O2/c1-10-8-12(3)13(9-11(10)2)15(14(18)17-16)4-6-19-7-5-15/h8-9H,4-7,16H2,1-3H3,(H,17,18). The van der Waals surface area contributed by atoms with Crippen LogP contribution in [0.1, 0.15) is 35.1 Å². The quantitative estimate of drug-likeness (QED) is 0.484. The monoisotopic (exact) mass is 262 g/mol. The smallest absolute Gasteiger partial charge is 0.244 e. The lowest BCUT2D eigenvalue weighted by molar-refractivity contribution is -0.130. The van der Waals surface area contributed by atoms with Gasteiger partial charge in [-0.15, -0.1) is 0 Å². The largest absolute Gasteiger partial charge is 0.381 e. The number of carbonyl (C=O) groups excluding carboxylic acids is 1. The van der Waals surface area contributed by atoms with E-state index in [1.165, 1.54) is 11.1 Å². The van der Waals surface area contributed by atoms with Crippen molar-refractivity contribution in [2.75, 3.05) is 13.2 Å². The van der Waals surface area contributed by atoms with E-state index in [2.05, 4.69) is 38.3 Å². The minimum atomic E-state index is -0.546. The molecule has 0 atom stereocenters. The highest BCUT2D eigenvalue weighted by atomic mass is 16.5. The summed E-state index contributed by atoms with van der Waals surface area (Å²) >= 11 is 0. The van der Waals surface area contributed by atoms with Crippen LogP contribution in [0.5, 0.6) is 0 Å². The highest BCUT2D eigenvalue weighted by molar-refractivity contribution is 5.88. The van der Waals surface area contributed by atoms with Gasteiger partial charge in [-0.05, 0) is 55.9 Å². The molecule has 2 rings (SSSR count). The number of hydrogen-bond donors (Lipinski definition) is 2. The second kappa shape index (κ2) is 5.31. The first-order valence-electron chi connectivity index (χ1n) is 6.68. The Kier molecular flexibility index (Phi) is 3.92. The number of hydrazine groups is 1. The van der Waals surface area contributed by atoms with E-state index in [4.69, 9.17) is 10.6 Å². The average Bonchev–Trinajstić information content (AvgIpc) is 2.42. The molecule has 0 bridgehead atoms. The van der Waals surface area contributed by atoms with Crippen molar-refractivity contribution in [2.24, 2.45) is 5.84 Å². The van der Waals surface area contributed by atoms with Crippen LogP contribution >= 0.6 is 0 Å². The van der Waals surface area contributed by atoms with Gasteiger partial charge in [0.15, 0.2) is 0 Å². The Morgan fingerprint density at radius 2 is 1.74 bits per heavy atom. The van der Waals surface area contributed by atoms with Crippen molar-refractivity contribution in [3.63, 3.8) is 0 Å². The van der Waals surface area contributed by atoms with Crippen molar-refractivity contribution in [2.45, 2.75) is 39.0 Å². The van der Waals surface area contributed by atoms with Crippen molar-refractivity contribution < 1.29 is 9.53 Å². The zero-order valence-corrected chi connectivity index (χ0v) is 11.9. The lowest BCUT2D eigenvalue weighted by atomic mass is 9.71. The number of rotatable bonds is 2. The van der Waals surface area contributed by atoms with E-state index in [9.17, 15) is 4.79 Å². The molecule has 0 radical (unpaired) electrons. The molecule has 104 valence electrons. The summed E-state index contributed by atoms with van der Waals surface area (Å²) in [7, 11) is 0. The summed E-state index contributed by atoms with van der Waals surface area (Å²) < 4.78 is 5.41. The third kappa shape index (κ3) is 2.38. The van der Waals surface area contributed by atoms with Crippen molar-refractivity contribution in [1.82, 2.24) is 5.43 Å². The molecule has 0 aliphatic carbocycles. The van der Waals surface area contributed by atoms with Crippen LogP contribution in [-0.2, 0) is 14.9 Å². The van der Waals surface area contributed by atoms with Crippen LogP contribution in [0.25, 0.3) is 0 Å². The van der Waals surface area contributed by atoms with E-state index >= 15 is 0 Å². The Morgan fingerprint density at radius 1 is 1.16 bits per heavy atom. The Labute approximate surface area is 114 Å². The van der Waals surface area contributed by atoms with Crippen molar-refractivity contribution >= 4 is 5.91 Å². The summed E-state index contributed by atoms with van der Waals surface area (Å²) in [6.45, 7) is 7.42. The molecule has 0 spiro atoms. The number of nitrogens with one attached hydrogen (secondary N) is 1. The lowest BCUT2D eigenvalue weighted by Crippen LogP contribution is -2.50. The predicted molar refractivity (Wildman–Crippen MR) is 74.7 cm³/mol. The molecule has 1 aromatic rings. The first-order chi connectivity index (χ1) is 9.01. The zero-order valence-electron chi connectivity index (χ0n) is 11.9. The highest BCUT2D eigenvalue weighted by Crippen LogP contribution is 2.37. The number of benzene rings is 1. The fourth-order valence-electron chi connectivity index (χ4n) is 2.95. The van der Waals surface area contributed by atoms with Crippen LogP contribution < -0.4 is 11.3 Å². The molecule has 4 nitrogen and oxygen atoms in total. The number of ether oxygens (including phenoxy) is 1. The highest BCUT2D eigenvalue weighted by Gasteiger charge is 2.42. The minimum absolute atomic E-state index is 0.109. The molecule has 0 aromatic heterocycles.